The number of morpholine rings is 1. The Morgan fingerprint density at radius 3 is 2.50 bits per heavy atom. The number of hydrogen-bond donors (Lipinski definition) is 2. The van der Waals surface area contributed by atoms with Gasteiger partial charge in [0.25, 0.3) is 5.91 Å². The first kappa shape index (κ1) is 18.4. The van der Waals surface area contributed by atoms with Gasteiger partial charge in [-0.25, -0.2) is 4.39 Å². The molecule has 132 valence electrons. The zero-order valence-corrected chi connectivity index (χ0v) is 13.7. The third kappa shape index (κ3) is 5.28. The van der Waals surface area contributed by atoms with Gasteiger partial charge in [-0.15, -0.1) is 0 Å². The Morgan fingerprint density at radius 1 is 1.21 bits per heavy atom. The van der Waals surface area contributed by atoms with Crippen molar-refractivity contribution in [3.63, 3.8) is 0 Å². The smallest absolute Gasteiger partial charge is 0.251 e. The summed E-state index contributed by atoms with van der Waals surface area (Å²) in [6.07, 6.45) is 2.07. The van der Waals surface area contributed by atoms with Crippen LogP contribution < -0.4 is 11.1 Å². The predicted molar refractivity (Wildman–Crippen MR) is 88.0 cm³/mol. The number of carbonyl (C=O) groups is 2. The van der Waals surface area contributed by atoms with E-state index in [2.05, 4.69) is 5.32 Å². The number of nitrogens with one attached hydrogen (secondary N) is 1. The summed E-state index contributed by atoms with van der Waals surface area (Å²) in [7, 11) is 0. The third-order valence-electron chi connectivity index (χ3n) is 3.98. The molecule has 3 N–H and O–H groups in total. The molecule has 0 bridgehead atoms. The zero-order chi connectivity index (χ0) is 17.4. The molecule has 7 heteroatoms. The van der Waals surface area contributed by atoms with Gasteiger partial charge in [-0.2, -0.15) is 0 Å². The number of benzene rings is 1. The molecule has 1 aliphatic heterocycles. The molecule has 1 atom stereocenters. The summed E-state index contributed by atoms with van der Waals surface area (Å²) in [5.74, 6) is -0.893. The van der Waals surface area contributed by atoms with Crippen LogP contribution in [0.25, 0.3) is 0 Å². The maximum absolute atomic E-state index is 13.0. The molecule has 6 nitrogen and oxygen atoms in total. The lowest BCUT2D eigenvalue weighted by atomic mass is 10.1. The van der Waals surface area contributed by atoms with E-state index in [9.17, 15) is 14.0 Å². The number of unbranched alkanes of at least 4 members (excludes halogenated alkanes) is 1. The van der Waals surface area contributed by atoms with Gasteiger partial charge in [-0.05, 0) is 50.1 Å². The summed E-state index contributed by atoms with van der Waals surface area (Å²) in [4.78, 5) is 26.7. The largest absolute Gasteiger partial charge is 0.378 e. The normalized spacial score (nSPS) is 15.8. The van der Waals surface area contributed by atoms with E-state index in [1.165, 1.54) is 24.3 Å². The molecular weight excluding hydrogens is 313 g/mol. The number of nitrogens with zero attached hydrogens (tertiary/aromatic N) is 1. The van der Waals surface area contributed by atoms with Crippen molar-refractivity contribution in [2.45, 2.75) is 25.3 Å². The molecule has 0 radical (unpaired) electrons. The maximum Gasteiger partial charge on any atom is 0.251 e. The van der Waals surface area contributed by atoms with Gasteiger partial charge in [0.2, 0.25) is 5.91 Å². The summed E-state index contributed by atoms with van der Waals surface area (Å²) in [5.41, 5.74) is 5.83. The molecule has 2 amide bonds. The Balaban J connectivity index is 2.02. The summed E-state index contributed by atoms with van der Waals surface area (Å²) in [5, 5.41) is 2.77. The molecule has 0 saturated carbocycles. The second-order valence-electron chi connectivity index (χ2n) is 5.76. The van der Waals surface area contributed by atoms with Crippen molar-refractivity contribution in [3.8, 4) is 0 Å². The first-order valence-corrected chi connectivity index (χ1v) is 8.25. The Bertz CT molecular complexity index is 545. The van der Waals surface area contributed by atoms with Gasteiger partial charge in [0.05, 0.1) is 13.2 Å². The van der Waals surface area contributed by atoms with Gasteiger partial charge in [0.1, 0.15) is 11.9 Å². The van der Waals surface area contributed by atoms with E-state index < -0.39 is 11.9 Å². The van der Waals surface area contributed by atoms with Crippen molar-refractivity contribution >= 4 is 11.8 Å². The van der Waals surface area contributed by atoms with Crippen LogP contribution >= 0.6 is 0 Å². The van der Waals surface area contributed by atoms with Crippen molar-refractivity contribution in [1.29, 1.82) is 0 Å². The Hall–Kier alpha value is -1.99. The molecule has 1 aromatic rings. The van der Waals surface area contributed by atoms with E-state index in [-0.39, 0.29) is 11.8 Å². The molecule has 0 unspecified atom stereocenters. The highest BCUT2D eigenvalue weighted by molar-refractivity contribution is 5.97. The van der Waals surface area contributed by atoms with Crippen molar-refractivity contribution < 1.29 is 18.7 Å². The average molecular weight is 337 g/mol. The van der Waals surface area contributed by atoms with Crippen LogP contribution in [0.5, 0.6) is 0 Å². The quantitative estimate of drug-likeness (QED) is 0.725. The van der Waals surface area contributed by atoms with E-state index in [0.29, 0.717) is 44.8 Å². The molecule has 2 rings (SSSR count). The maximum atomic E-state index is 13.0. The third-order valence-corrected chi connectivity index (χ3v) is 3.98. The average Bonchev–Trinajstić information content (AvgIpc) is 2.61. The lowest BCUT2D eigenvalue weighted by Gasteiger charge is -2.30. The van der Waals surface area contributed by atoms with E-state index >= 15 is 0 Å². The number of halogens is 1. The minimum absolute atomic E-state index is 0.106. The van der Waals surface area contributed by atoms with Crippen LogP contribution in [0.2, 0.25) is 0 Å². The van der Waals surface area contributed by atoms with Crippen LogP contribution in [0.3, 0.4) is 0 Å². The molecule has 0 spiro atoms. The van der Waals surface area contributed by atoms with Gasteiger partial charge >= 0.3 is 0 Å². The molecule has 1 heterocycles. The molecule has 1 saturated heterocycles. The standard InChI is InChI=1S/C17H24FN3O3/c18-14-6-4-13(5-7-14)16(22)20-15(3-1-2-8-19)17(23)21-9-11-24-12-10-21/h4-7,15H,1-3,8-12,19H2,(H,20,22)/t15-/m0/s1. The first-order valence-electron chi connectivity index (χ1n) is 8.25. The highest BCUT2D eigenvalue weighted by Crippen LogP contribution is 2.09. The number of hydrogen-bond acceptors (Lipinski definition) is 4. The van der Waals surface area contributed by atoms with E-state index in [1.807, 2.05) is 0 Å². The molecule has 0 aliphatic carbocycles. The minimum atomic E-state index is -0.604. The fraction of sp³-hybridized carbons (Fsp3) is 0.529. The molecule has 1 aliphatic rings. The topological polar surface area (TPSA) is 84.7 Å². The van der Waals surface area contributed by atoms with Crippen molar-refractivity contribution in [3.05, 3.63) is 35.6 Å². The van der Waals surface area contributed by atoms with Crippen LogP contribution in [0.1, 0.15) is 29.6 Å². The summed E-state index contributed by atoms with van der Waals surface area (Å²) >= 11 is 0. The summed E-state index contributed by atoms with van der Waals surface area (Å²) < 4.78 is 18.2. The zero-order valence-electron chi connectivity index (χ0n) is 13.7. The van der Waals surface area contributed by atoms with Crippen LogP contribution in [0.4, 0.5) is 4.39 Å². The molecular formula is C17H24FN3O3. The minimum Gasteiger partial charge on any atom is -0.378 e. The second-order valence-corrected chi connectivity index (χ2v) is 5.76. The van der Waals surface area contributed by atoms with Crippen LogP contribution in [0, 0.1) is 5.82 Å². The van der Waals surface area contributed by atoms with E-state index in [0.717, 1.165) is 12.8 Å². The highest BCUT2D eigenvalue weighted by Gasteiger charge is 2.27. The number of carbonyl (C=O) groups excluding carboxylic acids is 2. The number of rotatable bonds is 7. The molecule has 1 fully saturated rings. The molecule has 0 aromatic heterocycles. The SMILES string of the molecule is NCCCC[C@H](NC(=O)c1ccc(F)cc1)C(=O)N1CCOCC1. The molecule has 24 heavy (non-hydrogen) atoms. The predicted octanol–water partition coefficient (Wildman–Crippen LogP) is 0.912. The van der Waals surface area contributed by atoms with Gasteiger partial charge in [-0.3, -0.25) is 9.59 Å². The van der Waals surface area contributed by atoms with E-state index in [4.69, 9.17) is 10.5 Å². The first-order chi connectivity index (χ1) is 11.6. The summed E-state index contributed by atoms with van der Waals surface area (Å²) in [6.45, 7) is 2.61. The summed E-state index contributed by atoms with van der Waals surface area (Å²) in [6, 6.07) is 4.65. The van der Waals surface area contributed by atoms with Gasteiger partial charge < -0.3 is 20.7 Å². The number of ether oxygens (including phenoxy) is 1. The van der Waals surface area contributed by atoms with Crippen LogP contribution in [0.15, 0.2) is 24.3 Å². The number of amides is 2. The Kier molecular flexibility index (Phi) is 7.14. The highest BCUT2D eigenvalue weighted by atomic mass is 19.1. The Labute approximate surface area is 141 Å². The van der Waals surface area contributed by atoms with Crippen molar-refractivity contribution in [1.82, 2.24) is 10.2 Å². The Morgan fingerprint density at radius 2 is 1.88 bits per heavy atom. The van der Waals surface area contributed by atoms with E-state index in [1.54, 1.807) is 4.90 Å². The van der Waals surface area contributed by atoms with Gasteiger partial charge in [0.15, 0.2) is 0 Å². The van der Waals surface area contributed by atoms with Gasteiger partial charge in [-0.1, -0.05) is 0 Å². The lowest BCUT2D eigenvalue weighted by Crippen LogP contribution is -2.51. The lowest BCUT2D eigenvalue weighted by molar-refractivity contribution is -0.137. The fourth-order valence-electron chi connectivity index (χ4n) is 2.60. The van der Waals surface area contributed by atoms with Crippen LogP contribution in [-0.4, -0.2) is 55.6 Å². The van der Waals surface area contributed by atoms with Crippen molar-refractivity contribution in [2.75, 3.05) is 32.8 Å². The van der Waals surface area contributed by atoms with Gasteiger partial charge in [0, 0.05) is 18.7 Å². The number of nitrogens with two attached hydrogens (primary N) is 1. The van der Waals surface area contributed by atoms with Crippen molar-refractivity contribution in [2.24, 2.45) is 5.73 Å². The fourth-order valence-corrected chi connectivity index (χ4v) is 2.60. The monoisotopic (exact) mass is 337 g/mol. The van der Waals surface area contributed by atoms with Crippen LogP contribution in [-0.2, 0) is 9.53 Å². The molecule has 1 aromatic carbocycles. The second kappa shape index (κ2) is 9.34.